The Labute approximate surface area is 118 Å². The van der Waals surface area contributed by atoms with E-state index in [9.17, 15) is 0 Å². The van der Waals surface area contributed by atoms with Crippen molar-refractivity contribution in [3.8, 4) is 5.88 Å². The van der Waals surface area contributed by atoms with Gasteiger partial charge in [0.25, 0.3) is 0 Å². The number of nitrogens with zero attached hydrogens (tertiary/aromatic N) is 3. The predicted octanol–water partition coefficient (Wildman–Crippen LogP) is 1.44. The second kappa shape index (κ2) is 4.59. The van der Waals surface area contributed by atoms with Crippen molar-refractivity contribution in [2.75, 3.05) is 31.6 Å². The van der Waals surface area contributed by atoms with Gasteiger partial charge in [-0.15, -0.1) is 0 Å². The Morgan fingerprint density at radius 1 is 1.35 bits per heavy atom. The number of nitrogens with one attached hydrogen (secondary N) is 1. The molecular weight excluding hydrogens is 252 g/mol. The van der Waals surface area contributed by atoms with Crippen molar-refractivity contribution in [2.45, 2.75) is 12.5 Å². The summed E-state index contributed by atoms with van der Waals surface area (Å²) in [7, 11) is 1.68. The first-order valence-corrected chi connectivity index (χ1v) is 7.13. The van der Waals surface area contributed by atoms with Crippen LogP contribution in [0.2, 0.25) is 0 Å². The lowest BCUT2D eigenvalue weighted by Gasteiger charge is -2.21. The number of hydrogen-bond donors (Lipinski definition) is 1. The van der Waals surface area contributed by atoms with Crippen molar-refractivity contribution in [1.29, 1.82) is 0 Å². The molecule has 104 valence electrons. The van der Waals surface area contributed by atoms with Gasteiger partial charge in [0.2, 0.25) is 5.88 Å². The van der Waals surface area contributed by atoms with Gasteiger partial charge in [0.15, 0.2) is 0 Å². The van der Waals surface area contributed by atoms with E-state index < -0.39 is 0 Å². The van der Waals surface area contributed by atoms with Crippen LogP contribution in [-0.4, -0.2) is 42.8 Å². The zero-order valence-corrected chi connectivity index (χ0v) is 11.5. The molecular formula is C15H18N4O. The highest BCUT2D eigenvalue weighted by atomic mass is 16.5. The first-order valence-electron chi connectivity index (χ1n) is 7.13. The van der Waals surface area contributed by atoms with E-state index in [-0.39, 0.29) is 0 Å². The summed E-state index contributed by atoms with van der Waals surface area (Å²) in [5.74, 6) is 1.45. The number of anilines is 1. The lowest BCUT2D eigenvalue weighted by Crippen LogP contribution is -2.30. The topological polar surface area (TPSA) is 50.3 Å². The van der Waals surface area contributed by atoms with Crippen LogP contribution >= 0.6 is 0 Å². The van der Waals surface area contributed by atoms with Crippen LogP contribution in [-0.2, 0) is 0 Å². The summed E-state index contributed by atoms with van der Waals surface area (Å²) in [5.41, 5.74) is 2.87. The van der Waals surface area contributed by atoms with Crippen molar-refractivity contribution in [3.05, 3.63) is 24.4 Å². The molecule has 0 saturated carbocycles. The van der Waals surface area contributed by atoms with Crippen LogP contribution in [0.15, 0.2) is 24.4 Å². The number of fused-ring (bicyclic) bond motifs is 2. The van der Waals surface area contributed by atoms with Crippen LogP contribution in [0, 0.1) is 5.92 Å². The Morgan fingerprint density at radius 2 is 2.30 bits per heavy atom. The van der Waals surface area contributed by atoms with Gasteiger partial charge >= 0.3 is 0 Å². The second-order valence-corrected chi connectivity index (χ2v) is 5.57. The standard InChI is InChI=1S/C15H18N4O/c1-20-15-14(7-12-11(18-15)3-2-5-16-12)19-8-10-4-6-17-13(10)9-19/h2-3,5,7,10,13,17H,4,6,8-9H2,1H3/t10?,13-/m0/s1. The van der Waals surface area contributed by atoms with Crippen LogP contribution in [0.1, 0.15) is 6.42 Å². The number of rotatable bonds is 2. The van der Waals surface area contributed by atoms with E-state index in [1.165, 1.54) is 6.42 Å². The van der Waals surface area contributed by atoms with Gasteiger partial charge in [-0.3, -0.25) is 4.98 Å². The molecule has 2 fully saturated rings. The molecule has 2 aliphatic rings. The highest BCUT2D eigenvalue weighted by molar-refractivity contribution is 5.80. The largest absolute Gasteiger partial charge is 0.480 e. The van der Waals surface area contributed by atoms with Crippen LogP contribution in [0.25, 0.3) is 11.0 Å². The minimum atomic E-state index is 0.610. The molecule has 0 bridgehead atoms. The third-order valence-corrected chi connectivity index (χ3v) is 4.43. The lowest BCUT2D eigenvalue weighted by molar-refractivity contribution is 0.399. The Hall–Kier alpha value is -1.88. The van der Waals surface area contributed by atoms with Crippen molar-refractivity contribution in [1.82, 2.24) is 15.3 Å². The van der Waals surface area contributed by atoms with Gasteiger partial charge < -0.3 is 15.0 Å². The van der Waals surface area contributed by atoms with Crippen LogP contribution < -0.4 is 15.0 Å². The van der Waals surface area contributed by atoms with E-state index in [2.05, 4.69) is 26.3 Å². The molecule has 0 amide bonds. The van der Waals surface area contributed by atoms with Crippen LogP contribution in [0.3, 0.4) is 0 Å². The van der Waals surface area contributed by atoms with E-state index in [1.807, 2.05) is 12.1 Å². The highest BCUT2D eigenvalue weighted by Gasteiger charge is 2.37. The first-order chi connectivity index (χ1) is 9.85. The molecule has 2 saturated heterocycles. The van der Waals surface area contributed by atoms with E-state index in [1.54, 1.807) is 13.3 Å². The average molecular weight is 270 g/mol. The molecule has 2 aliphatic heterocycles. The summed E-state index contributed by atoms with van der Waals surface area (Å²) in [6, 6.07) is 6.58. The monoisotopic (exact) mass is 270 g/mol. The fourth-order valence-electron chi connectivity index (χ4n) is 3.40. The third-order valence-electron chi connectivity index (χ3n) is 4.43. The minimum Gasteiger partial charge on any atom is -0.480 e. The quantitative estimate of drug-likeness (QED) is 0.895. The fourth-order valence-corrected chi connectivity index (χ4v) is 3.40. The van der Waals surface area contributed by atoms with Gasteiger partial charge in [0.05, 0.1) is 18.1 Å². The molecule has 4 rings (SSSR count). The molecule has 4 heterocycles. The Bertz CT molecular complexity index is 633. The maximum absolute atomic E-state index is 5.49. The Morgan fingerprint density at radius 3 is 3.15 bits per heavy atom. The summed E-state index contributed by atoms with van der Waals surface area (Å²) in [6.45, 7) is 3.26. The number of hydrogen-bond acceptors (Lipinski definition) is 5. The first kappa shape index (κ1) is 11.9. The zero-order chi connectivity index (χ0) is 13.5. The number of ether oxygens (including phenoxy) is 1. The van der Waals surface area contributed by atoms with Crippen LogP contribution in [0.4, 0.5) is 5.69 Å². The second-order valence-electron chi connectivity index (χ2n) is 5.57. The normalized spacial score (nSPS) is 25.1. The molecule has 0 aliphatic carbocycles. The lowest BCUT2D eigenvalue weighted by atomic mass is 10.1. The van der Waals surface area contributed by atoms with Gasteiger partial charge in [-0.1, -0.05) is 0 Å². The van der Waals surface area contributed by atoms with Crippen molar-refractivity contribution in [2.24, 2.45) is 5.92 Å². The third kappa shape index (κ3) is 1.81. The fraction of sp³-hybridized carbons (Fsp3) is 0.467. The maximum atomic E-state index is 5.49. The molecule has 2 aromatic heterocycles. The number of aromatic nitrogens is 2. The summed E-state index contributed by atoms with van der Waals surface area (Å²) in [6.07, 6.45) is 3.07. The van der Waals surface area contributed by atoms with Gasteiger partial charge in [0, 0.05) is 25.3 Å². The van der Waals surface area contributed by atoms with E-state index in [0.717, 1.165) is 42.3 Å². The molecule has 5 nitrogen and oxygen atoms in total. The van der Waals surface area contributed by atoms with Gasteiger partial charge in [-0.05, 0) is 37.1 Å². The van der Waals surface area contributed by atoms with Crippen molar-refractivity contribution in [3.63, 3.8) is 0 Å². The molecule has 2 aromatic rings. The summed E-state index contributed by atoms with van der Waals surface area (Å²) in [5, 5.41) is 3.57. The maximum Gasteiger partial charge on any atom is 0.238 e. The molecule has 5 heteroatoms. The van der Waals surface area contributed by atoms with Crippen molar-refractivity contribution >= 4 is 16.7 Å². The van der Waals surface area contributed by atoms with E-state index >= 15 is 0 Å². The van der Waals surface area contributed by atoms with Crippen molar-refractivity contribution < 1.29 is 4.74 Å². The summed E-state index contributed by atoms with van der Waals surface area (Å²) >= 11 is 0. The number of pyridine rings is 2. The SMILES string of the molecule is COc1nc2cccnc2cc1N1CC2CCN[C@H]2C1. The van der Waals surface area contributed by atoms with E-state index in [0.29, 0.717) is 11.9 Å². The number of methoxy groups -OCH3 is 1. The van der Waals surface area contributed by atoms with Gasteiger partial charge in [-0.25, -0.2) is 4.98 Å². The molecule has 1 N–H and O–H groups in total. The molecule has 2 atom stereocenters. The van der Waals surface area contributed by atoms with Gasteiger partial charge in [-0.2, -0.15) is 0 Å². The van der Waals surface area contributed by atoms with Crippen LogP contribution in [0.5, 0.6) is 5.88 Å². The highest BCUT2D eigenvalue weighted by Crippen LogP contribution is 2.35. The Kier molecular flexibility index (Phi) is 2.73. The molecule has 0 radical (unpaired) electrons. The Balaban J connectivity index is 1.75. The molecule has 0 spiro atoms. The zero-order valence-electron chi connectivity index (χ0n) is 11.5. The molecule has 0 aromatic carbocycles. The molecule has 20 heavy (non-hydrogen) atoms. The average Bonchev–Trinajstić information content (AvgIpc) is 3.07. The predicted molar refractivity (Wildman–Crippen MR) is 78.2 cm³/mol. The smallest absolute Gasteiger partial charge is 0.238 e. The van der Waals surface area contributed by atoms with Gasteiger partial charge in [0.1, 0.15) is 5.69 Å². The molecule has 1 unspecified atom stereocenters. The summed E-state index contributed by atoms with van der Waals surface area (Å²) < 4.78 is 5.49. The minimum absolute atomic E-state index is 0.610. The van der Waals surface area contributed by atoms with E-state index in [4.69, 9.17) is 4.74 Å². The summed E-state index contributed by atoms with van der Waals surface area (Å²) in [4.78, 5) is 11.4.